The maximum absolute atomic E-state index is 14.2. The first kappa shape index (κ1) is 26.5. The fourth-order valence-electron chi connectivity index (χ4n) is 4.00. The van der Waals surface area contributed by atoms with Crippen LogP contribution in [0.5, 0.6) is 0 Å². The van der Waals surface area contributed by atoms with Gasteiger partial charge < -0.3 is 25.0 Å². The molecule has 1 aliphatic rings. The second-order valence-corrected chi connectivity index (χ2v) is 8.17. The molecule has 2 heterocycles. The zero-order valence-electron chi connectivity index (χ0n) is 18.7. The monoisotopic (exact) mass is 532 g/mol. The van der Waals surface area contributed by atoms with Gasteiger partial charge >= 0.3 is 0 Å². The Morgan fingerprint density at radius 3 is 2.24 bits per heavy atom. The normalized spacial score (nSPS) is 23.8. The van der Waals surface area contributed by atoms with Gasteiger partial charge in [-0.2, -0.15) is 0 Å². The van der Waals surface area contributed by atoms with Crippen molar-refractivity contribution in [2.45, 2.75) is 30.6 Å². The smallest absolute Gasteiger partial charge is 0.261 e. The fourth-order valence-corrected chi connectivity index (χ4v) is 4.00. The molecule has 1 fully saturated rings. The van der Waals surface area contributed by atoms with Crippen molar-refractivity contribution in [2.24, 2.45) is 0 Å². The summed E-state index contributed by atoms with van der Waals surface area (Å²) < 4.78 is 89.0. The van der Waals surface area contributed by atoms with E-state index in [-0.39, 0.29) is 11.3 Å². The molecule has 0 saturated carbocycles. The van der Waals surface area contributed by atoms with E-state index in [9.17, 15) is 46.5 Å². The molecule has 1 aliphatic heterocycles. The number of halogens is 6. The number of carbonyl (C=O) groups is 1. The van der Waals surface area contributed by atoms with Crippen LogP contribution in [0.4, 0.5) is 26.3 Å². The number of carbonyl (C=O) groups excluding carboxylic acids is 1. The predicted octanol–water partition coefficient (Wildman–Crippen LogP) is 1.53. The van der Waals surface area contributed by atoms with Gasteiger partial charge in [0.2, 0.25) is 5.82 Å². The summed E-state index contributed by atoms with van der Waals surface area (Å²) in [7, 11) is 0.844. The van der Waals surface area contributed by atoms with Crippen LogP contribution in [0.2, 0.25) is 0 Å². The van der Waals surface area contributed by atoms with Gasteiger partial charge in [-0.25, -0.2) is 31.0 Å². The lowest BCUT2D eigenvalue weighted by molar-refractivity contribution is -0.235. The molecular weight excluding hydrogens is 514 g/mol. The number of amides is 1. The lowest BCUT2D eigenvalue weighted by Crippen LogP contribution is -2.61. The molecule has 4 rings (SSSR count). The van der Waals surface area contributed by atoms with Gasteiger partial charge in [0, 0.05) is 12.6 Å². The summed E-state index contributed by atoms with van der Waals surface area (Å²) >= 11 is 0. The Morgan fingerprint density at radius 1 is 1.03 bits per heavy atom. The molecule has 3 aromatic rings. The van der Waals surface area contributed by atoms with Crippen molar-refractivity contribution in [1.29, 1.82) is 0 Å². The summed E-state index contributed by atoms with van der Waals surface area (Å²) in [5.41, 5.74) is -1.39. The molecule has 5 atom stereocenters. The molecule has 0 spiro atoms. The van der Waals surface area contributed by atoms with Gasteiger partial charge in [-0.1, -0.05) is 17.3 Å². The first-order chi connectivity index (χ1) is 17.5. The van der Waals surface area contributed by atoms with Gasteiger partial charge in [0.15, 0.2) is 29.5 Å². The largest absolute Gasteiger partial charge is 0.394 e. The minimum atomic E-state index is -2.47. The number of rotatable bonds is 5. The molecule has 198 valence electrons. The molecule has 2 unspecified atom stereocenters. The van der Waals surface area contributed by atoms with E-state index in [4.69, 9.17) is 4.74 Å². The van der Waals surface area contributed by atoms with Crippen LogP contribution in [0.25, 0.3) is 11.3 Å². The van der Waals surface area contributed by atoms with Crippen molar-refractivity contribution in [1.82, 2.24) is 19.9 Å². The van der Waals surface area contributed by atoms with E-state index in [1.54, 1.807) is 0 Å². The Balaban J connectivity index is 1.69. The average molecular weight is 532 g/mol. The van der Waals surface area contributed by atoms with Crippen molar-refractivity contribution >= 4 is 5.91 Å². The Labute approximate surface area is 204 Å². The van der Waals surface area contributed by atoms with E-state index in [0.717, 1.165) is 17.8 Å². The Hall–Kier alpha value is -3.53. The zero-order chi connectivity index (χ0) is 27.2. The van der Waals surface area contributed by atoms with E-state index >= 15 is 0 Å². The summed E-state index contributed by atoms with van der Waals surface area (Å²) in [6.45, 7) is -0.864. The number of aromatic nitrogens is 3. The number of ether oxygens (including phenoxy) is 1. The van der Waals surface area contributed by atoms with Crippen molar-refractivity contribution in [2.75, 3.05) is 13.7 Å². The summed E-state index contributed by atoms with van der Waals surface area (Å²) in [5.74, 6) is -14.3. The van der Waals surface area contributed by atoms with Gasteiger partial charge in [-0.3, -0.25) is 4.79 Å². The third-order valence-corrected chi connectivity index (χ3v) is 5.93. The number of nitrogens with zero attached hydrogens (tertiary/aromatic N) is 4. The number of hydrogen-bond donors (Lipinski definition) is 3. The minimum absolute atomic E-state index is 0.119. The van der Waals surface area contributed by atoms with Gasteiger partial charge in [0.25, 0.3) is 5.91 Å². The molecular formula is C22H18F6N4O5. The van der Waals surface area contributed by atoms with Crippen LogP contribution < -0.4 is 0 Å². The van der Waals surface area contributed by atoms with E-state index in [1.807, 2.05) is 0 Å². The standard InChI is InChI=1S/C22H18F6N4O5/c1-31(21(36)12-13(24)15(26)17(28)16(27)14(12)25)22-20(35)18(19(34)11(7-33)37-22)32-6-10(29-30-32)8-3-2-4-9(23)5-8/h2-6,11,18-20,22,33-35H,7H2,1H3/t11?,18-,19-,20?,22+/m0/s1. The lowest BCUT2D eigenvalue weighted by atomic mass is 9.94. The van der Waals surface area contributed by atoms with Crippen LogP contribution in [0.3, 0.4) is 0 Å². The molecule has 0 radical (unpaired) electrons. The van der Waals surface area contributed by atoms with Crippen molar-refractivity contribution in [3.63, 3.8) is 0 Å². The fraction of sp³-hybridized carbons (Fsp3) is 0.318. The minimum Gasteiger partial charge on any atom is -0.394 e. The van der Waals surface area contributed by atoms with Crippen molar-refractivity contribution in [3.8, 4) is 11.3 Å². The van der Waals surface area contributed by atoms with E-state index < -0.39 is 83.6 Å². The third-order valence-electron chi connectivity index (χ3n) is 5.93. The molecule has 0 bridgehead atoms. The van der Waals surface area contributed by atoms with E-state index in [1.165, 1.54) is 24.4 Å². The average Bonchev–Trinajstić information content (AvgIpc) is 3.36. The first-order valence-electron chi connectivity index (χ1n) is 10.6. The summed E-state index contributed by atoms with van der Waals surface area (Å²) in [5, 5.41) is 38.9. The Morgan fingerprint density at radius 2 is 1.65 bits per heavy atom. The lowest BCUT2D eigenvalue weighted by Gasteiger charge is -2.45. The number of hydrogen-bond acceptors (Lipinski definition) is 7. The molecule has 3 N–H and O–H groups in total. The quantitative estimate of drug-likeness (QED) is 0.259. The molecule has 9 nitrogen and oxygen atoms in total. The summed E-state index contributed by atoms with van der Waals surface area (Å²) in [4.78, 5) is 13.1. The number of aliphatic hydroxyl groups excluding tert-OH is 3. The second-order valence-electron chi connectivity index (χ2n) is 8.17. The third kappa shape index (κ3) is 4.54. The molecule has 1 saturated heterocycles. The van der Waals surface area contributed by atoms with Gasteiger partial charge in [-0.05, 0) is 12.1 Å². The maximum atomic E-state index is 14.2. The van der Waals surface area contributed by atoms with Gasteiger partial charge in [-0.15, -0.1) is 5.10 Å². The second kappa shape index (κ2) is 10.1. The molecule has 0 aliphatic carbocycles. The molecule has 15 heteroatoms. The van der Waals surface area contributed by atoms with Crippen LogP contribution in [-0.4, -0.2) is 79.3 Å². The van der Waals surface area contributed by atoms with Crippen molar-refractivity contribution < 1.29 is 51.2 Å². The van der Waals surface area contributed by atoms with Gasteiger partial charge in [0.05, 0.1) is 12.8 Å². The predicted molar refractivity (Wildman–Crippen MR) is 111 cm³/mol. The topological polar surface area (TPSA) is 121 Å². The van der Waals surface area contributed by atoms with E-state index in [0.29, 0.717) is 4.90 Å². The highest BCUT2D eigenvalue weighted by Gasteiger charge is 2.49. The first-order valence-corrected chi connectivity index (χ1v) is 10.6. The summed E-state index contributed by atoms with van der Waals surface area (Å²) in [6.07, 6.45) is -5.73. The van der Waals surface area contributed by atoms with E-state index in [2.05, 4.69) is 10.3 Å². The van der Waals surface area contributed by atoms with Gasteiger partial charge in [0.1, 0.15) is 41.4 Å². The molecule has 2 aromatic carbocycles. The highest BCUT2D eigenvalue weighted by Crippen LogP contribution is 2.33. The number of aliphatic hydroxyl groups is 3. The maximum Gasteiger partial charge on any atom is 0.261 e. The SMILES string of the molecule is CN(C(=O)c1c(F)c(F)c(F)c(F)c1F)[C@@H]1OC(CO)[C@H](O)[C@H](n2cc(-c3cccc(F)c3)nn2)C1O. The number of likely N-dealkylation sites (N-methyl/N-ethyl adjacent to an activating group) is 1. The van der Waals surface area contributed by atoms with Crippen LogP contribution >= 0.6 is 0 Å². The van der Waals surface area contributed by atoms with Crippen LogP contribution in [0, 0.1) is 34.9 Å². The zero-order valence-corrected chi connectivity index (χ0v) is 18.7. The molecule has 37 heavy (non-hydrogen) atoms. The molecule has 1 amide bonds. The Kier molecular flexibility index (Phi) is 7.23. The Bertz CT molecular complexity index is 1310. The van der Waals surface area contributed by atoms with Crippen molar-refractivity contribution in [3.05, 3.63) is 70.9 Å². The highest BCUT2D eigenvalue weighted by atomic mass is 19.2. The van der Waals surface area contributed by atoms with Crippen LogP contribution in [0.1, 0.15) is 16.4 Å². The van der Waals surface area contributed by atoms with Crippen LogP contribution in [-0.2, 0) is 4.74 Å². The molecule has 1 aromatic heterocycles. The number of benzene rings is 2. The summed E-state index contributed by atoms with van der Waals surface area (Å²) in [6, 6.07) is 3.75. The van der Waals surface area contributed by atoms with Crippen LogP contribution in [0.15, 0.2) is 30.5 Å². The highest BCUT2D eigenvalue weighted by molar-refractivity contribution is 5.95.